The van der Waals surface area contributed by atoms with Gasteiger partial charge in [0.1, 0.15) is 0 Å². The Bertz CT molecular complexity index is 363. The van der Waals surface area contributed by atoms with Gasteiger partial charge in [0.2, 0.25) is 0 Å². The van der Waals surface area contributed by atoms with E-state index in [-0.39, 0.29) is 0 Å². The number of benzene rings is 1. The number of nitrogens with one attached hydrogen (secondary N) is 1. The molecule has 0 amide bonds. The predicted molar refractivity (Wildman–Crippen MR) is 82.5 cm³/mol. The molecular weight excluding hydrogens is 232 g/mol. The molecule has 2 nitrogen and oxygen atoms in total. The van der Waals surface area contributed by atoms with Gasteiger partial charge in [0.25, 0.3) is 0 Å². The Morgan fingerprint density at radius 2 is 2.00 bits per heavy atom. The maximum Gasteiger partial charge on any atom is 0.0105 e. The average Bonchev–Trinajstić information content (AvgIpc) is 2.94. The van der Waals surface area contributed by atoms with Crippen LogP contribution in [0.5, 0.6) is 0 Å². The summed E-state index contributed by atoms with van der Waals surface area (Å²) in [6.45, 7) is 11.6. The minimum atomic E-state index is 0.674. The summed E-state index contributed by atoms with van der Waals surface area (Å²) in [7, 11) is 0. The predicted octanol–water partition coefficient (Wildman–Crippen LogP) is 3.11. The summed E-state index contributed by atoms with van der Waals surface area (Å²) in [5.41, 5.74) is 1.51. The zero-order chi connectivity index (χ0) is 13.7. The van der Waals surface area contributed by atoms with Gasteiger partial charge in [0, 0.05) is 12.6 Å². The molecule has 106 valence electrons. The molecule has 0 aliphatic carbocycles. The van der Waals surface area contributed by atoms with E-state index in [4.69, 9.17) is 0 Å². The Balaban J connectivity index is 1.87. The molecule has 1 fully saturated rings. The van der Waals surface area contributed by atoms with Gasteiger partial charge < -0.3 is 5.32 Å². The van der Waals surface area contributed by atoms with Crippen molar-refractivity contribution in [1.82, 2.24) is 10.2 Å². The summed E-state index contributed by atoms with van der Waals surface area (Å²) in [6, 6.07) is 11.7. The second kappa shape index (κ2) is 7.06. The molecule has 0 bridgehead atoms. The third-order valence-electron chi connectivity index (χ3n) is 4.61. The van der Waals surface area contributed by atoms with E-state index in [1.54, 1.807) is 0 Å². The highest BCUT2D eigenvalue weighted by Gasteiger charge is 2.29. The summed E-state index contributed by atoms with van der Waals surface area (Å²) < 4.78 is 0. The Kier molecular flexibility index (Phi) is 5.41. The van der Waals surface area contributed by atoms with E-state index in [0.717, 1.165) is 24.9 Å². The van der Waals surface area contributed by atoms with E-state index >= 15 is 0 Å². The van der Waals surface area contributed by atoms with Crippen molar-refractivity contribution in [3.8, 4) is 0 Å². The molecular formula is C17H28N2. The van der Waals surface area contributed by atoms with Gasteiger partial charge in [-0.2, -0.15) is 0 Å². The Labute approximate surface area is 118 Å². The van der Waals surface area contributed by atoms with E-state index in [1.807, 2.05) is 0 Å². The van der Waals surface area contributed by atoms with E-state index in [9.17, 15) is 0 Å². The second-order valence-corrected chi connectivity index (χ2v) is 5.92. The monoisotopic (exact) mass is 260 g/mol. The molecule has 0 aromatic heterocycles. The van der Waals surface area contributed by atoms with Gasteiger partial charge in [-0.15, -0.1) is 0 Å². The highest BCUT2D eigenvalue weighted by Crippen LogP contribution is 2.29. The van der Waals surface area contributed by atoms with E-state index in [2.05, 4.69) is 61.3 Å². The van der Waals surface area contributed by atoms with Crippen LogP contribution in [0.15, 0.2) is 30.3 Å². The number of rotatable bonds is 6. The van der Waals surface area contributed by atoms with E-state index < -0.39 is 0 Å². The van der Waals surface area contributed by atoms with Crippen molar-refractivity contribution in [2.24, 2.45) is 5.92 Å². The molecule has 19 heavy (non-hydrogen) atoms. The van der Waals surface area contributed by atoms with Gasteiger partial charge in [0.05, 0.1) is 0 Å². The lowest BCUT2D eigenvalue weighted by Crippen LogP contribution is -2.39. The van der Waals surface area contributed by atoms with Crippen molar-refractivity contribution < 1.29 is 0 Å². The molecule has 1 aromatic rings. The minimum Gasteiger partial charge on any atom is -0.317 e. The largest absolute Gasteiger partial charge is 0.317 e. The van der Waals surface area contributed by atoms with Crippen molar-refractivity contribution in [3.63, 3.8) is 0 Å². The van der Waals surface area contributed by atoms with Crippen molar-refractivity contribution in [2.75, 3.05) is 26.2 Å². The van der Waals surface area contributed by atoms with Gasteiger partial charge in [-0.05, 0) is 50.4 Å². The van der Waals surface area contributed by atoms with Gasteiger partial charge in [-0.25, -0.2) is 0 Å². The normalized spacial score (nSPS) is 23.4. The van der Waals surface area contributed by atoms with Crippen LogP contribution in [0.1, 0.15) is 38.7 Å². The lowest BCUT2D eigenvalue weighted by molar-refractivity contribution is 0.194. The number of hydrogen-bond donors (Lipinski definition) is 1. The molecule has 1 N–H and O–H groups in total. The fourth-order valence-electron chi connectivity index (χ4n) is 3.06. The van der Waals surface area contributed by atoms with Gasteiger partial charge in [0.15, 0.2) is 0 Å². The van der Waals surface area contributed by atoms with E-state index in [0.29, 0.717) is 6.04 Å². The molecule has 1 aromatic carbocycles. The van der Waals surface area contributed by atoms with Crippen LogP contribution in [-0.4, -0.2) is 37.1 Å². The first-order valence-corrected chi connectivity index (χ1v) is 7.72. The number of nitrogens with zero attached hydrogens (tertiary/aromatic N) is 1. The van der Waals surface area contributed by atoms with Crippen LogP contribution in [0.3, 0.4) is 0 Å². The first-order chi connectivity index (χ1) is 9.22. The highest BCUT2D eigenvalue weighted by atomic mass is 15.2. The van der Waals surface area contributed by atoms with Crippen molar-refractivity contribution in [3.05, 3.63) is 35.9 Å². The fourth-order valence-corrected chi connectivity index (χ4v) is 3.06. The quantitative estimate of drug-likeness (QED) is 0.845. The standard InChI is InChI=1S/C17H28N2/c1-4-18-12-14(2)15(3)19-11-10-17(13-19)16-8-6-5-7-9-16/h5-9,14-15,17-18H,4,10-13H2,1-3H3. The first kappa shape index (κ1) is 14.5. The van der Waals surface area contributed by atoms with Gasteiger partial charge in [-0.1, -0.05) is 44.2 Å². The molecule has 3 unspecified atom stereocenters. The second-order valence-electron chi connectivity index (χ2n) is 5.92. The van der Waals surface area contributed by atoms with Crippen LogP contribution in [0, 0.1) is 5.92 Å². The topological polar surface area (TPSA) is 15.3 Å². The molecule has 1 heterocycles. The summed E-state index contributed by atoms with van der Waals surface area (Å²) in [5, 5.41) is 3.47. The van der Waals surface area contributed by atoms with Crippen LogP contribution in [0.4, 0.5) is 0 Å². The summed E-state index contributed by atoms with van der Waals surface area (Å²) in [6.07, 6.45) is 1.31. The van der Waals surface area contributed by atoms with Crippen LogP contribution in [-0.2, 0) is 0 Å². The van der Waals surface area contributed by atoms with Crippen molar-refractivity contribution >= 4 is 0 Å². The molecule has 0 saturated carbocycles. The van der Waals surface area contributed by atoms with E-state index in [1.165, 1.54) is 25.1 Å². The van der Waals surface area contributed by atoms with Gasteiger partial charge in [-0.3, -0.25) is 4.90 Å². The third-order valence-corrected chi connectivity index (χ3v) is 4.61. The first-order valence-electron chi connectivity index (χ1n) is 7.72. The molecule has 3 atom stereocenters. The molecule has 2 heteroatoms. The molecule has 1 saturated heterocycles. The molecule has 1 aliphatic heterocycles. The minimum absolute atomic E-state index is 0.674. The third kappa shape index (κ3) is 3.80. The van der Waals surface area contributed by atoms with Crippen molar-refractivity contribution in [2.45, 2.75) is 39.2 Å². The zero-order valence-electron chi connectivity index (χ0n) is 12.6. The molecule has 2 rings (SSSR count). The lowest BCUT2D eigenvalue weighted by atomic mass is 9.98. The molecule has 0 spiro atoms. The molecule has 1 aliphatic rings. The average molecular weight is 260 g/mol. The maximum absolute atomic E-state index is 3.47. The zero-order valence-corrected chi connectivity index (χ0v) is 12.6. The van der Waals surface area contributed by atoms with Crippen LogP contribution < -0.4 is 5.32 Å². The Morgan fingerprint density at radius 1 is 1.26 bits per heavy atom. The summed E-state index contributed by atoms with van der Waals surface area (Å²) >= 11 is 0. The summed E-state index contributed by atoms with van der Waals surface area (Å²) in [5.74, 6) is 1.45. The fraction of sp³-hybridized carbons (Fsp3) is 0.647. The smallest absolute Gasteiger partial charge is 0.0105 e. The Morgan fingerprint density at radius 3 is 2.68 bits per heavy atom. The molecule has 0 radical (unpaired) electrons. The van der Waals surface area contributed by atoms with Crippen LogP contribution in [0.2, 0.25) is 0 Å². The maximum atomic E-state index is 3.47. The highest BCUT2D eigenvalue weighted by molar-refractivity contribution is 5.21. The Hall–Kier alpha value is -0.860. The number of hydrogen-bond acceptors (Lipinski definition) is 2. The van der Waals surface area contributed by atoms with Crippen molar-refractivity contribution in [1.29, 1.82) is 0 Å². The number of likely N-dealkylation sites (tertiary alicyclic amines) is 1. The van der Waals surface area contributed by atoms with Gasteiger partial charge >= 0.3 is 0 Å². The SMILES string of the molecule is CCNCC(C)C(C)N1CCC(c2ccccc2)C1. The van der Waals surface area contributed by atoms with Crippen LogP contribution in [0.25, 0.3) is 0 Å². The summed E-state index contributed by atoms with van der Waals surface area (Å²) in [4.78, 5) is 2.67. The lowest BCUT2D eigenvalue weighted by Gasteiger charge is -2.30. The van der Waals surface area contributed by atoms with Crippen LogP contribution >= 0.6 is 0 Å².